The smallest absolute Gasteiger partial charge is 0.335 e. The number of unbranched alkanes of at least 4 members (excludes halogenated alkanes) is 2. The van der Waals surface area contributed by atoms with Crippen LogP contribution in [0.15, 0.2) is 102 Å². The Morgan fingerprint density at radius 3 is 2.14 bits per heavy atom. The highest BCUT2D eigenvalue weighted by molar-refractivity contribution is 7.99. The van der Waals surface area contributed by atoms with Crippen LogP contribution >= 0.6 is 11.8 Å². The van der Waals surface area contributed by atoms with Crippen molar-refractivity contribution in [3.8, 4) is 11.1 Å². The van der Waals surface area contributed by atoms with Gasteiger partial charge in [-0.15, -0.1) is 11.8 Å². The van der Waals surface area contributed by atoms with Gasteiger partial charge in [-0.1, -0.05) is 73.2 Å². The van der Waals surface area contributed by atoms with Crippen LogP contribution < -0.4 is 10.8 Å². The van der Waals surface area contributed by atoms with E-state index in [-0.39, 0.29) is 36.7 Å². The predicted octanol–water partition coefficient (Wildman–Crippen LogP) is 6.95. The van der Waals surface area contributed by atoms with E-state index in [0.29, 0.717) is 38.0 Å². The van der Waals surface area contributed by atoms with Crippen LogP contribution in [0.5, 0.6) is 0 Å². The third kappa shape index (κ3) is 10.7. The lowest BCUT2D eigenvalue weighted by molar-refractivity contribution is -0.245. The van der Waals surface area contributed by atoms with E-state index in [1.807, 2.05) is 78.9 Å². The summed E-state index contributed by atoms with van der Waals surface area (Å²) >= 11 is 1.61. The lowest BCUT2D eigenvalue weighted by Gasteiger charge is -2.36. The highest BCUT2D eigenvalue weighted by Crippen LogP contribution is 2.40. The van der Waals surface area contributed by atoms with Gasteiger partial charge in [0.05, 0.1) is 24.4 Å². The number of aromatic carboxylic acids is 1. The maximum absolute atomic E-state index is 12.3. The van der Waals surface area contributed by atoms with Crippen molar-refractivity contribution in [3.63, 3.8) is 0 Å². The fourth-order valence-electron chi connectivity index (χ4n) is 5.69. The topological polar surface area (TPSA) is 154 Å². The molecule has 10 nitrogen and oxygen atoms in total. The lowest BCUT2D eigenvalue weighted by Crippen LogP contribution is -2.31. The van der Waals surface area contributed by atoms with E-state index in [1.165, 1.54) is 0 Å². The molecule has 5 rings (SSSR count). The Morgan fingerprint density at radius 2 is 1.46 bits per heavy atom. The van der Waals surface area contributed by atoms with Gasteiger partial charge in [-0.3, -0.25) is 14.8 Å². The number of thioether (sulfide) groups is 1. The average Bonchev–Trinajstić information content (AvgIpc) is 3.16. The van der Waals surface area contributed by atoms with Crippen molar-refractivity contribution in [1.82, 2.24) is 10.8 Å². The van der Waals surface area contributed by atoms with E-state index >= 15 is 0 Å². The van der Waals surface area contributed by atoms with Crippen LogP contribution in [0.4, 0.5) is 0 Å². The maximum atomic E-state index is 12.3. The fourth-order valence-corrected chi connectivity index (χ4v) is 6.61. The quantitative estimate of drug-likeness (QED) is 0.0362. The molecule has 1 heterocycles. The summed E-state index contributed by atoms with van der Waals surface area (Å²) < 4.78 is 13.0. The SMILES string of the molecule is O=C(CCCCCC(=O)NCc1cccc(-c2ccc(C3OC(CSc4ccc(C(=O)O)cc4)CC(c4ccc(CO)cc4)O3)cc2)c1)NO. The van der Waals surface area contributed by atoms with Crippen LogP contribution in [0.2, 0.25) is 0 Å². The number of carbonyl (C=O) groups excluding carboxylic acids is 2. The highest BCUT2D eigenvalue weighted by atomic mass is 32.2. The number of carboxylic acids is 1. The largest absolute Gasteiger partial charge is 0.478 e. The van der Waals surface area contributed by atoms with Gasteiger partial charge in [0.2, 0.25) is 11.8 Å². The zero-order chi connectivity index (χ0) is 35.3. The number of hydrogen-bond donors (Lipinski definition) is 5. The molecule has 0 aromatic heterocycles. The van der Waals surface area contributed by atoms with Crippen molar-refractivity contribution >= 4 is 29.5 Å². The molecule has 0 bridgehead atoms. The van der Waals surface area contributed by atoms with Gasteiger partial charge in [-0.05, 0) is 71.0 Å². The standard InChI is InChI=1S/C39H42N2O8S/c42-24-26-9-11-29(12-10-26)35-22-33(25-50-34-19-17-30(18-20-34)38(45)46)48-39(49-35)31-15-13-28(14-16-31)32-6-4-5-27(21-32)23-40-36(43)7-2-1-3-8-37(44)41-47/h4-6,9-21,33,35,39,42,47H,1-3,7-8,22-25H2,(H,40,43)(H,41,44)(H,45,46). The number of nitrogens with one attached hydrogen (secondary N) is 2. The third-order valence-electron chi connectivity index (χ3n) is 8.52. The van der Waals surface area contributed by atoms with Gasteiger partial charge in [0, 0.05) is 42.0 Å². The zero-order valence-corrected chi connectivity index (χ0v) is 28.4. The van der Waals surface area contributed by atoms with Crippen molar-refractivity contribution in [1.29, 1.82) is 0 Å². The third-order valence-corrected chi connectivity index (χ3v) is 9.66. The van der Waals surface area contributed by atoms with E-state index in [1.54, 1.807) is 29.4 Å². The highest BCUT2D eigenvalue weighted by Gasteiger charge is 2.32. The van der Waals surface area contributed by atoms with Crippen molar-refractivity contribution < 1.29 is 39.3 Å². The zero-order valence-electron chi connectivity index (χ0n) is 27.6. The Balaban J connectivity index is 1.21. The van der Waals surface area contributed by atoms with E-state index in [2.05, 4.69) is 11.4 Å². The first-order chi connectivity index (χ1) is 24.3. The molecule has 0 spiro atoms. The second kappa shape index (κ2) is 18.5. The number of carbonyl (C=O) groups is 3. The van der Waals surface area contributed by atoms with Crippen LogP contribution in [0, 0.1) is 0 Å². The summed E-state index contributed by atoms with van der Waals surface area (Å²) in [6, 6.07) is 30.7. The van der Waals surface area contributed by atoms with E-state index in [4.69, 9.17) is 14.7 Å². The van der Waals surface area contributed by atoms with Crippen molar-refractivity contribution in [3.05, 3.63) is 125 Å². The number of aliphatic hydroxyl groups excluding tert-OH is 1. The number of aliphatic hydroxyl groups is 1. The second-order valence-electron chi connectivity index (χ2n) is 12.2. The number of carboxylic acid groups (broad SMARTS) is 1. The summed E-state index contributed by atoms with van der Waals surface area (Å²) in [6.45, 7) is 0.378. The Morgan fingerprint density at radius 1 is 0.760 bits per heavy atom. The Kier molecular flexibility index (Phi) is 13.6. The lowest BCUT2D eigenvalue weighted by atomic mass is 9.99. The van der Waals surface area contributed by atoms with Crippen LogP contribution in [0.1, 0.15) is 83.5 Å². The van der Waals surface area contributed by atoms with Crippen LogP contribution in [-0.2, 0) is 32.2 Å². The van der Waals surface area contributed by atoms with Gasteiger partial charge in [-0.25, -0.2) is 10.3 Å². The van der Waals surface area contributed by atoms with Crippen LogP contribution in [0.25, 0.3) is 11.1 Å². The van der Waals surface area contributed by atoms with Gasteiger partial charge in [-0.2, -0.15) is 0 Å². The molecule has 1 fully saturated rings. The summed E-state index contributed by atoms with van der Waals surface area (Å²) in [4.78, 5) is 35.6. The van der Waals surface area contributed by atoms with E-state index < -0.39 is 18.2 Å². The monoisotopic (exact) mass is 698 g/mol. The molecule has 262 valence electrons. The molecule has 0 aliphatic carbocycles. The van der Waals surface area contributed by atoms with E-state index in [9.17, 15) is 24.6 Å². The Labute approximate surface area is 295 Å². The number of rotatable bonds is 16. The van der Waals surface area contributed by atoms with Crippen molar-refractivity contribution in [2.45, 2.75) is 75.1 Å². The van der Waals surface area contributed by atoms with Gasteiger partial charge in [0.1, 0.15) is 0 Å². The number of benzene rings is 4. The van der Waals surface area contributed by atoms with Crippen LogP contribution in [0.3, 0.4) is 0 Å². The molecule has 1 aliphatic rings. The molecule has 3 unspecified atom stereocenters. The molecule has 0 saturated carbocycles. The van der Waals surface area contributed by atoms with Gasteiger partial charge >= 0.3 is 5.97 Å². The molecular formula is C39H42N2O8S. The minimum Gasteiger partial charge on any atom is -0.478 e. The molecule has 3 atom stereocenters. The van der Waals surface area contributed by atoms with Gasteiger partial charge < -0.3 is 25.0 Å². The first kappa shape index (κ1) is 36.8. The second-order valence-corrected chi connectivity index (χ2v) is 13.3. The fraction of sp³-hybridized carbons (Fsp3) is 0.308. The number of hydrogen-bond acceptors (Lipinski definition) is 8. The molecule has 11 heteroatoms. The summed E-state index contributed by atoms with van der Waals surface area (Å²) in [5.41, 5.74) is 7.58. The molecule has 4 aromatic rings. The van der Waals surface area contributed by atoms with Crippen molar-refractivity contribution in [2.75, 3.05) is 5.75 Å². The number of amides is 2. The van der Waals surface area contributed by atoms with Crippen molar-refractivity contribution in [2.24, 2.45) is 0 Å². The number of hydroxylamine groups is 1. The molecule has 5 N–H and O–H groups in total. The van der Waals surface area contributed by atoms with Crippen LogP contribution in [-0.4, -0.2) is 45.1 Å². The Hall–Kier alpha value is -4.52. The molecule has 50 heavy (non-hydrogen) atoms. The average molecular weight is 699 g/mol. The molecule has 1 saturated heterocycles. The minimum atomic E-state index is -0.955. The molecule has 2 amide bonds. The van der Waals surface area contributed by atoms with E-state index in [0.717, 1.165) is 44.7 Å². The predicted molar refractivity (Wildman–Crippen MR) is 189 cm³/mol. The number of ether oxygens (including phenoxy) is 2. The molecule has 0 radical (unpaired) electrons. The normalized spacial score (nSPS) is 17.2. The molecule has 1 aliphatic heterocycles. The summed E-state index contributed by atoms with van der Waals surface area (Å²) in [5, 5.41) is 30.3. The summed E-state index contributed by atoms with van der Waals surface area (Å²) in [5.74, 6) is -0.765. The van der Waals surface area contributed by atoms with Gasteiger partial charge in [0.15, 0.2) is 6.29 Å². The Bertz CT molecular complexity index is 1710. The summed E-state index contributed by atoms with van der Waals surface area (Å²) in [7, 11) is 0. The molecule has 4 aromatic carbocycles. The van der Waals surface area contributed by atoms with Gasteiger partial charge in [0.25, 0.3) is 0 Å². The first-order valence-corrected chi connectivity index (χ1v) is 17.7. The maximum Gasteiger partial charge on any atom is 0.335 e. The minimum absolute atomic E-state index is 0.0299. The molecular weight excluding hydrogens is 657 g/mol. The summed E-state index contributed by atoms with van der Waals surface area (Å²) in [6.07, 6.45) is 2.30. The first-order valence-electron chi connectivity index (χ1n) is 16.7.